The number of aryl methyl sites for hydroxylation is 1. The lowest BCUT2D eigenvalue weighted by Gasteiger charge is -2.17. The van der Waals surface area contributed by atoms with Crippen molar-refractivity contribution in [3.05, 3.63) is 42.0 Å². The van der Waals surface area contributed by atoms with Gasteiger partial charge in [0.25, 0.3) is 0 Å². The summed E-state index contributed by atoms with van der Waals surface area (Å²) in [4.78, 5) is 4.73. The summed E-state index contributed by atoms with van der Waals surface area (Å²) in [6.45, 7) is 8.49. The van der Waals surface area contributed by atoms with Gasteiger partial charge in [0, 0.05) is 31.1 Å². The third-order valence-electron chi connectivity index (χ3n) is 4.25. The zero-order valence-electron chi connectivity index (χ0n) is 16.2. The van der Waals surface area contributed by atoms with Crippen LogP contribution in [0.15, 0.2) is 35.6 Å². The van der Waals surface area contributed by atoms with Gasteiger partial charge in [0.2, 0.25) is 0 Å². The lowest BCUT2D eigenvalue weighted by Crippen LogP contribution is -2.43. The number of para-hydroxylation sites is 1. The molecule has 2 N–H and O–H groups in total. The molecule has 1 unspecified atom stereocenters. The highest BCUT2D eigenvalue weighted by molar-refractivity contribution is 5.80. The van der Waals surface area contributed by atoms with Crippen molar-refractivity contribution in [1.82, 2.24) is 25.4 Å². The van der Waals surface area contributed by atoms with Crippen LogP contribution in [-0.2, 0) is 19.5 Å². The second kappa shape index (κ2) is 10.4. The Kier molecular flexibility index (Phi) is 7.92. The number of nitrogens with one attached hydrogen (secondary N) is 2. The van der Waals surface area contributed by atoms with E-state index in [0.29, 0.717) is 12.6 Å². The number of aliphatic imine (C=N–C) groups is 1. The van der Waals surface area contributed by atoms with Crippen LogP contribution in [0.4, 0.5) is 0 Å². The first-order valence-corrected chi connectivity index (χ1v) is 9.21. The van der Waals surface area contributed by atoms with Gasteiger partial charge in [0.15, 0.2) is 5.96 Å². The molecule has 2 aromatic rings. The number of rotatable bonds is 9. The van der Waals surface area contributed by atoms with Crippen molar-refractivity contribution in [3.8, 4) is 5.75 Å². The maximum absolute atomic E-state index is 5.41. The Balaban J connectivity index is 2.00. The molecule has 7 heteroatoms. The van der Waals surface area contributed by atoms with Gasteiger partial charge < -0.3 is 19.9 Å². The number of aromatic nitrogens is 3. The fraction of sp³-hybridized carbons (Fsp3) is 0.526. The van der Waals surface area contributed by atoms with Gasteiger partial charge in [-0.25, -0.2) is 4.99 Å². The van der Waals surface area contributed by atoms with Crippen LogP contribution in [0.1, 0.15) is 38.6 Å². The van der Waals surface area contributed by atoms with Crippen LogP contribution >= 0.6 is 0 Å². The first kappa shape index (κ1) is 19.8. The molecule has 0 spiro atoms. The number of nitrogens with zero attached hydrogens (tertiary/aromatic N) is 4. The molecule has 1 heterocycles. The molecule has 1 atom stereocenters. The average Bonchev–Trinajstić information content (AvgIpc) is 3.13. The van der Waals surface area contributed by atoms with Crippen molar-refractivity contribution in [1.29, 1.82) is 0 Å². The minimum Gasteiger partial charge on any atom is -0.496 e. The van der Waals surface area contributed by atoms with Crippen LogP contribution < -0.4 is 15.4 Å². The number of hydrogen-bond donors (Lipinski definition) is 2. The smallest absolute Gasteiger partial charge is 0.191 e. The summed E-state index contributed by atoms with van der Waals surface area (Å²) < 4.78 is 7.47. The summed E-state index contributed by atoms with van der Waals surface area (Å²) in [5.41, 5.74) is 1.06. The maximum atomic E-state index is 5.41. The van der Waals surface area contributed by atoms with Gasteiger partial charge in [0.05, 0.1) is 13.7 Å². The molecule has 0 fully saturated rings. The SMILES string of the molecule is CCc1nncn1CCNC(=NCc1ccccc1OC)NC(C)CC. The molecule has 1 aromatic carbocycles. The van der Waals surface area contributed by atoms with E-state index in [0.717, 1.165) is 49.0 Å². The quantitative estimate of drug-likeness (QED) is 0.532. The number of benzene rings is 1. The van der Waals surface area contributed by atoms with Crippen LogP contribution in [-0.4, -0.2) is 40.4 Å². The van der Waals surface area contributed by atoms with Crippen LogP contribution in [0.3, 0.4) is 0 Å². The molecule has 142 valence electrons. The van der Waals surface area contributed by atoms with E-state index in [-0.39, 0.29) is 0 Å². The third-order valence-corrected chi connectivity index (χ3v) is 4.25. The van der Waals surface area contributed by atoms with E-state index in [9.17, 15) is 0 Å². The summed E-state index contributed by atoms with van der Waals surface area (Å²) in [7, 11) is 1.68. The van der Waals surface area contributed by atoms with Crippen molar-refractivity contribution in [2.45, 2.75) is 52.7 Å². The minimum absolute atomic E-state index is 0.347. The Hall–Kier alpha value is -2.57. The normalized spacial score (nSPS) is 12.7. The Morgan fingerprint density at radius 2 is 2.12 bits per heavy atom. The largest absolute Gasteiger partial charge is 0.496 e. The predicted molar refractivity (Wildman–Crippen MR) is 104 cm³/mol. The van der Waals surface area contributed by atoms with Crippen LogP contribution in [0.25, 0.3) is 0 Å². The van der Waals surface area contributed by atoms with Crippen LogP contribution in [0, 0.1) is 0 Å². The Labute approximate surface area is 155 Å². The number of methoxy groups -OCH3 is 1. The van der Waals surface area contributed by atoms with Gasteiger partial charge >= 0.3 is 0 Å². The summed E-state index contributed by atoms with van der Waals surface area (Å²) in [6, 6.07) is 8.31. The molecular formula is C19H30N6O. The molecule has 26 heavy (non-hydrogen) atoms. The number of ether oxygens (including phenoxy) is 1. The Bertz CT molecular complexity index is 697. The zero-order valence-corrected chi connectivity index (χ0v) is 16.2. The lowest BCUT2D eigenvalue weighted by atomic mass is 10.2. The highest BCUT2D eigenvalue weighted by atomic mass is 16.5. The van der Waals surface area contributed by atoms with E-state index in [4.69, 9.17) is 9.73 Å². The molecule has 1 aromatic heterocycles. The van der Waals surface area contributed by atoms with E-state index in [1.807, 2.05) is 24.3 Å². The molecule has 0 aliphatic rings. The monoisotopic (exact) mass is 358 g/mol. The Morgan fingerprint density at radius 3 is 2.85 bits per heavy atom. The molecule has 0 aliphatic carbocycles. The molecule has 0 bridgehead atoms. The third kappa shape index (κ3) is 5.75. The molecule has 0 saturated heterocycles. The minimum atomic E-state index is 0.347. The van der Waals surface area contributed by atoms with Crippen molar-refractivity contribution in [2.24, 2.45) is 4.99 Å². The van der Waals surface area contributed by atoms with E-state index in [1.165, 1.54) is 0 Å². The molecule has 2 rings (SSSR count). The molecule has 7 nitrogen and oxygen atoms in total. The van der Waals surface area contributed by atoms with E-state index in [2.05, 4.69) is 46.2 Å². The second-order valence-corrected chi connectivity index (χ2v) is 6.15. The van der Waals surface area contributed by atoms with E-state index in [1.54, 1.807) is 13.4 Å². The topological polar surface area (TPSA) is 76.4 Å². The fourth-order valence-corrected chi connectivity index (χ4v) is 2.52. The van der Waals surface area contributed by atoms with Crippen LogP contribution in [0.5, 0.6) is 5.75 Å². The van der Waals surface area contributed by atoms with Crippen molar-refractivity contribution < 1.29 is 4.74 Å². The molecular weight excluding hydrogens is 328 g/mol. The molecule has 0 amide bonds. The number of guanidine groups is 1. The van der Waals surface area contributed by atoms with Crippen molar-refractivity contribution in [3.63, 3.8) is 0 Å². The number of hydrogen-bond acceptors (Lipinski definition) is 4. The van der Waals surface area contributed by atoms with Crippen LogP contribution in [0.2, 0.25) is 0 Å². The van der Waals surface area contributed by atoms with Gasteiger partial charge in [0.1, 0.15) is 17.9 Å². The van der Waals surface area contributed by atoms with Gasteiger partial charge in [-0.05, 0) is 19.4 Å². The summed E-state index contributed by atoms with van der Waals surface area (Å²) in [6.07, 6.45) is 3.68. The Morgan fingerprint density at radius 1 is 1.31 bits per heavy atom. The van der Waals surface area contributed by atoms with Crippen molar-refractivity contribution >= 4 is 5.96 Å². The molecule has 0 aliphatic heterocycles. The summed E-state index contributed by atoms with van der Waals surface area (Å²) >= 11 is 0. The fourth-order valence-electron chi connectivity index (χ4n) is 2.52. The first-order valence-electron chi connectivity index (χ1n) is 9.21. The van der Waals surface area contributed by atoms with E-state index >= 15 is 0 Å². The van der Waals surface area contributed by atoms with Gasteiger partial charge in [-0.1, -0.05) is 32.0 Å². The lowest BCUT2D eigenvalue weighted by molar-refractivity contribution is 0.410. The summed E-state index contributed by atoms with van der Waals surface area (Å²) in [5, 5.41) is 14.9. The molecule has 0 saturated carbocycles. The zero-order chi connectivity index (χ0) is 18.8. The first-order chi connectivity index (χ1) is 12.7. The molecule has 0 radical (unpaired) electrons. The second-order valence-electron chi connectivity index (χ2n) is 6.15. The predicted octanol–water partition coefficient (Wildman–Crippen LogP) is 2.38. The maximum Gasteiger partial charge on any atom is 0.191 e. The standard InChI is InChI=1S/C19H30N6O/c1-5-15(3)23-19(20-11-12-25-14-22-24-18(25)6-2)21-13-16-9-7-8-10-17(16)26-4/h7-10,14-15H,5-6,11-13H2,1-4H3,(H2,20,21,23). The van der Waals surface area contributed by atoms with Gasteiger partial charge in [-0.2, -0.15) is 0 Å². The van der Waals surface area contributed by atoms with Crippen molar-refractivity contribution in [2.75, 3.05) is 13.7 Å². The highest BCUT2D eigenvalue weighted by Gasteiger charge is 2.06. The summed E-state index contributed by atoms with van der Waals surface area (Å²) in [5.74, 6) is 2.65. The van der Waals surface area contributed by atoms with E-state index < -0.39 is 0 Å². The highest BCUT2D eigenvalue weighted by Crippen LogP contribution is 2.17. The average molecular weight is 358 g/mol. The van der Waals surface area contributed by atoms with Gasteiger partial charge in [-0.3, -0.25) is 0 Å². The van der Waals surface area contributed by atoms with Gasteiger partial charge in [-0.15, -0.1) is 10.2 Å².